The van der Waals surface area contributed by atoms with Crippen LogP contribution in [0.25, 0.3) is 0 Å². The van der Waals surface area contributed by atoms with E-state index in [0.29, 0.717) is 36.4 Å². The van der Waals surface area contributed by atoms with Crippen LogP contribution >= 0.6 is 11.3 Å². The Labute approximate surface area is 148 Å². The first kappa shape index (κ1) is 15.9. The molecule has 1 N–H and O–H groups in total. The predicted octanol–water partition coefficient (Wildman–Crippen LogP) is 2.21. The highest BCUT2D eigenvalue weighted by atomic mass is 32.1. The standard InChI is InChI=1S/C17H17N3O4S/c1-10-9-25-17(18-10)19-16(22)11-6-15(21)20(8-11)12-2-3-13-14(7-12)24-5-4-23-13/h2-3,7,9,11H,4-6,8H2,1H3,(H,18,19,22)/t11-/m1/s1. The van der Waals surface area contributed by atoms with Crippen LogP contribution in [-0.2, 0) is 9.59 Å². The number of nitrogens with one attached hydrogen (secondary N) is 1. The summed E-state index contributed by atoms with van der Waals surface area (Å²) in [5.41, 5.74) is 1.58. The van der Waals surface area contributed by atoms with Crippen LogP contribution in [0.1, 0.15) is 12.1 Å². The first-order valence-electron chi connectivity index (χ1n) is 8.03. The molecule has 2 aliphatic heterocycles. The summed E-state index contributed by atoms with van der Waals surface area (Å²) in [7, 11) is 0. The van der Waals surface area contributed by atoms with Gasteiger partial charge in [-0.3, -0.25) is 9.59 Å². The monoisotopic (exact) mass is 359 g/mol. The van der Waals surface area contributed by atoms with E-state index in [1.807, 2.05) is 18.4 Å². The fourth-order valence-corrected chi connectivity index (χ4v) is 3.64. The summed E-state index contributed by atoms with van der Waals surface area (Å²) in [6.45, 7) is 3.22. The zero-order valence-corrected chi connectivity index (χ0v) is 14.5. The molecule has 1 aromatic carbocycles. The minimum Gasteiger partial charge on any atom is -0.486 e. The van der Waals surface area contributed by atoms with E-state index in [4.69, 9.17) is 9.47 Å². The zero-order valence-electron chi connectivity index (χ0n) is 13.7. The Morgan fingerprint density at radius 2 is 2.12 bits per heavy atom. The molecule has 0 unspecified atom stereocenters. The van der Waals surface area contributed by atoms with E-state index in [-0.39, 0.29) is 18.2 Å². The number of thiazole rings is 1. The van der Waals surface area contributed by atoms with Gasteiger partial charge in [0.1, 0.15) is 13.2 Å². The van der Waals surface area contributed by atoms with Crippen LogP contribution in [0.2, 0.25) is 0 Å². The van der Waals surface area contributed by atoms with Crippen molar-refractivity contribution < 1.29 is 19.1 Å². The van der Waals surface area contributed by atoms with Gasteiger partial charge in [0.25, 0.3) is 0 Å². The maximum atomic E-state index is 12.4. The Kier molecular flexibility index (Phi) is 4.04. The number of ether oxygens (including phenoxy) is 2. The number of hydrogen-bond donors (Lipinski definition) is 1. The number of carbonyl (C=O) groups is 2. The van der Waals surface area contributed by atoms with Crippen LogP contribution in [0.3, 0.4) is 0 Å². The van der Waals surface area contributed by atoms with Gasteiger partial charge in [0, 0.05) is 30.1 Å². The Bertz CT molecular complexity index is 835. The summed E-state index contributed by atoms with van der Waals surface area (Å²) in [4.78, 5) is 30.6. The van der Waals surface area contributed by atoms with Crippen LogP contribution in [0, 0.1) is 12.8 Å². The van der Waals surface area contributed by atoms with Crippen LogP contribution < -0.4 is 19.7 Å². The minimum absolute atomic E-state index is 0.0767. The summed E-state index contributed by atoms with van der Waals surface area (Å²) < 4.78 is 11.1. The van der Waals surface area contributed by atoms with Crippen molar-refractivity contribution in [3.8, 4) is 11.5 Å². The van der Waals surface area contributed by atoms with Gasteiger partial charge in [-0.05, 0) is 19.1 Å². The molecule has 2 aromatic rings. The quantitative estimate of drug-likeness (QED) is 0.909. The number of amides is 2. The van der Waals surface area contributed by atoms with Crippen molar-refractivity contribution in [3.63, 3.8) is 0 Å². The topological polar surface area (TPSA) is 80.8 Å². The summed E-state index contributed by atoms with van der Waals surface area (Å²) in [6, 6.07) is 5.40. The van der Waals surface area contributed by atoms with Crippen molar-refractivity contribution in [2.24, 2.45) is 5.92 Å². The maximum absolute atomic E-state index is 12.4. The number of nitrogens with zero attached hydrogens (tertiary/aromatic N) is 2. The first-order chi connectivity index (χ1) is 12.1. The number of benzene rings is 1. The molecule has 2 aliphatic rings. The van der Waals surface area contributed by atoms with Crippen molar-refractivity contribution in [1.29, 1.82) is 0 Å². The summed E-state index contributed by atoms with van der Waals surface area (Å²) in [5.74, 6) is 0.651. The highest BCUT2D eigenvalue weighted by Gasteiger charge is 2.35. The van der Waals surface area contributed by atoms with Crippen LogP contribution in [0.4, 0.5) is 10.8 Å². The number of rotatable bonds is 3. The van der Waals surface area contributed by atoms with Gasteiger partial charge < -0.3 is 19.7 Å². The molecule has 1 saturated heterocycles. The molecule has 130 valence electrons. The van der Waals surface area contributed by atoms with E-state index in [1.54, 1.807) is 17.0 Å². The lowest BCUT2D eigenvalue weighted by atomic mass is 10.1. The van der Waals surface area contributed by atoms with Crippen LogP contribution in [0.15, 0.2) is 23.6 Å². The van der Waals surface area contributed by atoms with Gasteiger partial charge >= 0.3 is 0 Å². The van der Waals surface area contributed by atoms with Crippen LogP contribution in [0.5, 0.6) is 11.5 Å². The molecule has 25 heavy (non-hydrogen) atoms. The Hall–Kier alpha value is -2.61. The molecule has 3 heterocycles. The third kappa shape index (κ3) is 3.17. The van der Waals surface area contributed by atoms with Crippen LogP contribution in [-0.4, -0.2) is 36.6 Å². The molecule has 1 aromatic heterocycles. The molecular formula is C17H17N3O4S. The third-order valence-corrected chi connectivity index (χ3v) is 5.06. The Balaban J connectivity index is 1.47. The SMILES string of the molecule is Cc1csc(NC(=O)[C@@H]2CC(=O)N(c3ccc4c(c3)OCCO4)C2)n1. The van der Waals surface area contributed by atoms with Crippen molar-refractivity contribution in [1.82, 2.24) is 4.98 Å². The number of anilines is 2. The number of aryl methyl sites for hydroxylation is 1. The highest BCUT2D eigenvalue weighted by molar-refractivity contribution is 7.13. The average Bonchev–Trinajstić information content (AvgIpc) is 3.20. The second-order valence-corrected chi connectivity index (χ2v) is 6.87. The van der Waals surface area contributed by atoms with Gasteiger partial charge in [-0.15, -0.1) is 11.3 Å². The molecule has 7 nitrogen and oxygen atoms in total. The van der Waals surface area contributed by atoms with E-state index in [0.717, 1.165) is 11.4 Å². The predicted molar refractivity (Wildman–Crippen MR) is 93.4 cm³/mol. The normalized spacial score (nSPS) is 19.2. The van der Waals surface area contributed by atoms with E-state index in [9.17, 15) is 9.59 Å². The van der Waals surface area contributed by atoms with Crippen molar-refractivity contribution in [3.05, 3.63) is 29.3 Å². The van der Waals surface area contributed by atoms with Crippen molar-refractivity contribution in [2.45, 2.75) is 13.3 Å². The number of fused-ring (bicyclic) bond motifs is 1. The van der Waals surface area contributed by atoms with Crippen molar-refractivity contribution >= 4 is 34.0 Å². The lowest BCUT2D eigenvalue weighted by Gasteiger charge is -2.22. The summed E-state index contributed by atoms with van der Waals surface area (Å²) in [5, 5.41) is 5.23. The molecule has 2 amide bonds. The lowest BCUT2D eigenvalue weighted by Crippen LogP contribution is -2.28. The number of carbonyl (C=O) groups excluding carboxylic acids is 2. The van der Waals surface area contributed by atoms with E-state index in [1.165, 1.54) is 11.3 Å². The van der Waals surface area contributed by atoms with Crippen molar-refractivity contribution in [2.75, 3.05) is 30.0 Å². The second kappa shape index (κ2) is 6.36. The lowest BCUT2D eigenvalue weighted by molar-refractivity contribution is -0.122. The largest absolute Gasteiger partial charge is 0.486 e. The second-order valence-electron chi connectivity index (χ2n) is 6.02. The smallest absolute Gasteiger partial charge is 0.231 e. The molecule has 0 spiro atoms. The summed E-state index contributed by atoms with van der Waals surface area (Å²) in [6.07, 6.45) is 0.185. The van der Waals surface area contributed by atoms with Gasteiger partial charge in [0.2, 0.25) is 11.8 Å². The molecule has 1 atom stereocenters. The third-order valence-electron chi connectivity index (χ3n) is 4.18. The van der Waals surface area contributed by atoms with Gasteiger partial charge in [-0.2, -0.15) is 0 Å². The first-order valence-corrected chi connectivity index (χ1v) is 8.91. The van der Waals surface area contributed by atoms with Gasteiger partial charge in [-0.25, -0.2) is 4.98 Å². The molecule has 8 heteroatoms. The molecule has 0 radical (unpaired) electrons. The minimum atomic E-state index is -0.398. The molecule has 4 rings (SSSR count). The van der Waals surface area contributed by atoms with Gasteiger partial charge in [0.15, 0.2) is 16.6 Å². The number of hydrogen-bond acceptors (Lipinski definition) is 6. The van der Waals surface area contributed by atoms with Gasteiger partial charge in [-0.1, -0.05) is 0 Å². The average molecular weight is 359 g/mol. The molecule has 0 saturated carbocycles. The highest BCUT2D eigenvalue weighted by Crippen LogP contribution is 2.36. The van der Waals surface area contributed by atoms with Gasteiger partial charge in [0.05, 0.1) is 11.6 Å². The fourth-order valence-electron chi connectivity index (χ4n) is 2.95. The zero-order chi connectivity index (χ0) is 17.4. The summed E-state index contributed by atoms with van der Waals surface area (Å²) >= 11 is 1.38. The maximum Gasteiger partial charge on any atom is 0.231 e. The molecule has 1 fully saturated rings. The Morgan fingerprint density at radius 3 is 2.88 bits per heavy atom. The number of aromatic nitrogens is 1. The molecule has 0 aliphatic carbocycles. The van der Waals surface area contributed by atoms with E-state index < -0.39 is 5.92 Å². The molecular weight excluding hydrogens is 342 g/mol. The van der Waals surface area contributed by atoms with E-state index >= 15 is 0 Å². The molecule has 0 bridgehead atoms. The van der Waals surface area contributed by atoms with E-state index in [2.05, 4.69) is 10.3 Å². The fraction of sp³-hybridized carbons (Fsp3) is 0.353. The Morgan fingerprint density at radius 1 is 1.32 bits per heavy atom.